The fraction of sp³-hybridized carbons (Fsp3) is 0.917. The number of carbonyl (C=O) groups excluding carboxylic acids is 1. The van der Waals surface area contributed by atoms with Crippen LogP contribution in [0.3, 0.4) is 0 Å². The molecule has 5 heteroatoms. The van der Waals surface area contributed by atoms with Gasteiger partial charge in [-0.3, -0.25) is 0 Å². The van der Waals surface area contributed by atoms with Gasteiger partial charge in [-0.1, -0.05) is 0 Å². The summed E-state index contributed by atoms with van der Waals surface area (Å²) in [6.07, 6.45) is 2.38. The molecule has 0 aromatic heterocycles. The lowest BCUT2D eigenvalue weighted by Gasteiger charge is -2.31. The lowest BCUT2D eigenvalue weighted by molar-refractivity contribution is 0.0444. The molecule has 0 radical (unpaired) electrons. The van der Waals surface area contributed by atoms with E-state index in [4.69, 9.17) is 4.74 Å². The first-order valence-electron chi connectivity index (χ1n) is 6.61. The maximum absolute atomic E-state index is 12.3. The summed E-state index contributed by atoms with van der Waals surface area (Å²) in [6, 6.07) is 0.220. The third-order valence-electron chi connectivity index (χ3n) is 4.32. The molecule has 1 spiro atoms. The minimum atomic E-state index is 0.220. The molecule has 0 aromatic carbocycles. The second-order valence-corrected chi connectivity index (χ2v) is 5.48. The molecule has 0 unspecified atom stereocenters. The molecule has 17 heavy (non-hydrogen) atoms. The predicted molar refractivity (Wildman–Crippen MR) is 63.9 cm³/mol. The molecule has 3 heterocycles. The molecule has 1 atom stereocenters. The minimum Gasteiger partial charge on any atom is -0.378 e. The topological polar surface area (TPSA) is 44.8 Å². The molecule has 96 valence electrons. The van der Waals surface area contributed by atoms with Crippen molar-refractivity contribution >= 4 is 6.03 Å². The number of carbonyl (C=O) groups is 1. The van der Waals surface area contributed by atoms with Crippen LogP contribution >= 0.6 is 0 Å². The molecule has 3 saturated heterocycles. The van der Waals surface area contributed by atoms with E-state index in [0.29, 0.717) is 18.6 Å². The van der Waals surface area contributed by atoms with E-state index < -0.39 is 0 Å². The van der Waals surface area contributed by atoms with Crippen molar-refractivity contribution in [3.8, 4) is 0 Å². The van der Waals surface area contributed by atoms with Gasteiger partial charge in [-0.15, -0.1) is 0 Å². The number of amides is 2. The Hall–Kier alpha value is -0.810. The van der Waals surface area contributed by atoms with Gasteiger partial charge in [0.25, 0.3) is 0 Å². The maximum atomic E-state index is 12.3. The third kappa shape index (κ3) is 2.13. The molecular weight excluding hydrogens is 218 g/mol. The summed E-state index contributed by atoms with van der Waals surface area (Å²) in [5.74, 6) is 0. The molecule has 0 bridgehead atoms. The number of urea groups is 1. The molecule has 1 N–H and O–H groups in total. The van der Waals surface area contributed by atoms with Crippen LogP contribution in [0.25, 0.3) is 0 Å². The molecule has 0 aliphatic carbocycles. The molecule has 5 nitrogen and oxygen atoms in total. The molecular formula is C12H21N3O2. The Kier molecular flexibility index (Phi) is 2.96. The predicted octanol–water partition coefficient (Wildman–Crippen LogP) is 0.124. The highest BCUT2D eigenvalue weighted by Gasteiger charge is 2.42. The fourth-order valence-corrected chi connectivity index (χ4v) is 3.20. The van der Waals surface area contributed by atoms with Crippen molar-refractivity contribution in [1.82, 2.24) is 15.1 Å². The van der Waals surface area contributed by atoms with E-state index in [9.17, 15) is 4.79 Å². The molecule has 3 rings (SSSR count). The lowest BCUT2D eigenvalue weighted by atomic mass is 9.87. The Morgan fingerprint density at radius 3 is 2.65 bits per heavy atom. The van der Waals surface area contributed by atoms with E-state index in [1.165, 1.54) is 6.42 Å². The average molecular weight is 239 g/mol. The Labute approximate surface area is 102 Å². The van der Waals surface area contributed by atoms with Crippen LogP contribution < -0.4 is 5.32 Å². The van der Waals surface area contributed by atoms with Crippen LogP contribution in [0, 0.1) is 5.41 Å². The lowest BCUT2D eigenvalue weighted by Crippen LogP contribution is -2.48. The van der Waals surface area contributed by atoms with E-state index in [1.54, 1.807) is 0 Å². The zero-order valence-corrected chi connectivity index (χ0v) is 10.3. The quantitative estimate of drug-likeness (QED) is 0.653. The Bertz CT molecular complexity index is 296. The number of nitrogens with zero attached hydrogens (tertiary/aromatic N) is 2. The highest BCUT2D eigenvalue weighted by Crippen LogP contribution is 2.36. The number of morpholine rings is 1. The van der Waals surface area contributed by atoms with E-state index in [2.05, 4.69) is 5.32 Å². The Morgan fingerprint density at radius 1 is 1.12 bits per heavy atom. The van der Waals surface area contributed by atoms with Crippen LogP contribution in [-0.4, -0.2) is 68.3 Å². The summed E-state index contributed by atoms with van der Waals surface area (Å²) < 4.78 is 5.28. The number of rotatable bonds is 0. The average Bonchev–Trinajstić information content (AvgIpc) is 3.01. The van der Waals surface area contributed by atoms with Gasteiger partial charge in [-0.25, -0.2) is 4.79 Å². The SMILES string of the molecule is O=C(N1CCOCC1)N1CC[C@@]2(CCNC2)C1. The van der Waals surface area contributed by atoms with Crippen molar-refractivity contribution in [2.24, 2.45) is 5.41 Å². The van der Waals surface area contributed by atoms with E-state index in [0.717, 1.165) is 45.7 Å². The minimum absolute atomic E-state index is 0.220. The van der Waals surface area contributed by atoms with E-state index in [1.807, 2.05) is 9.80 Å². The monoisotopic (exact) mass is 239 g/mol. The van der Waals surface area contributed by atoms with Crippen molar-refractivity contribution in [1.29, 1.82) is 0 Å². The molecule has 2 amide bonds. The number of ether oxygens (including phenoxy) is 1. The van der Waals surface area contributed by atoms with E-state index in [-0.39, 0.29) is 6.03 Å². The number of hydrogen-bond donors (Lipinski definition) is 1. The normalized spacial score (nSPS) is 33.6. The van der Waals surface area contributed by atoms with Crippen molar-refractivity contribution in [3.63, 3.8) is 0 Å². The van der Waals surface area contributed by atoms with Gasteiger partial charge in [0.2, 0.25) is 0 Å². The Balaban J connectivity index is 1.59. The van der Waals surface area contributed by atoms with Gasteiger partial charge in [0.1, 0.15) is 0 Å². The van der Waals surface area contributed by atoms with Crippen molar-refractivity contribution in [2.45, 2.75) is 12.8 Å². The molecule has 0 saturated carbocycles. The third-order valence-corrected chi connectivity index (χ3v) is 4.32. The number of likely N-dealkylation sites (tertiary alicyclic amines) is 1. The van der Waals surface area contributed by atoms with Gasteiger partial charge >= 0.3 is 6.03 Å². The van der Waals surface area contributed by atoms with Crippen LogP contribution in [0.15, 0.2) is 0 Å². The van der Waals surface area contributed by atoms with E-state index >= 15 is 0 Å². The highest BCUT2D eigenvalue weighted by atomic mass is 16.5. The number of hydrogen-bond acceptors (Lipinski definition) is 3. The zero-order chi connectivity index (χ0) is 11.7. The second kappa shape index (κ2) is 4.46. The first-order chi connectivity index (χ1) is 8.29. The largest absolute Gasteiger partial charge is 0.378 e. The summed E-state index contributed by atoms with van der Waals surface area (Å²) in [6.45, 7) is 6.94. The number of nitrogens with one attached hydrogen (secondary N) is 1. The van der Waals surface area contributed by atoms with Crippen molar-refractivity contribution in [3.05, 3.63) is 0 Å². The van der Waals surface area contributed by atoms with Crippen LogP contribution in [0.1, 0.15) is 12.8 Å². The van der Waals surface area contributed by atoms with Gasteiger partial charge in [-0.2, -0.15) is 0 Å². The summed E-state index contributed by atoms with van der Waals surface area (Å²) in [4.78, 5) is 16.3. The standard InChI is InChI=1S/C12H21N3O2/c16-11(14-5-7-17-8-6-14)15-4-2-12(10-15)1-3-13-9-12/h13H,1-10H2/t12-/m1/s1. The van der Waals surface area contributed by atoms with Crippen molar-refractivity contribution < 1.29 is 9.53 Å². The first kappa shape index (κ1) is 11.3. The highest BCUT2D eigenvalue weighted by molar-refractivity contribution is 5.75. The van der Waals surface area contributed by atoms with Crippen molar-refractivity contribution in [2.75, 3.05) is 52.5 Å². The second-order valence-electron chi connectivity index (χ2n) is 5.48. The van der Waals surface area contributed by atoms with Crippen LogP contribution in [0.2, 0.25) is 0 Å². The van der Waals surface area contributed by atoms with Crippen LogP contribution in [0.4, 0.5) is 4.79 Å². The van der Waals surface area contributed by atoms with Crippen LogP contribution in [-0.2, 0) is 4.74 Å². The summed E-state index contributed by atoms with van der Waals surface area (Å²) >= 11 is 0. The van der Waals surface area contributed by atoms with Gasteiger partial charge in [0, 0.05) is 38.1 Å². The smallest absolute Gasteiger partial charge is 0.320 e. The summed E-state index contributed by atoms with van der Waals surface area (Å²) in [7, 11) is 0. The summed E-state index contributed by atoms with van der Waals surface area (Å²) in [5.41, 5.74) is 0.377. The van der Waals surface area contributed by atoms with Gasteiger partial charge < -0.3 is 19.9 Å². The van der Waals surface area contributed by atoms with Crippen LogP contribution in [0.5, 0.6) is 0 Å². The van der Waals surface area contributed by atoms with Gasteiger partial charge in [-0.05, 0) is 19.4 Å². The molecule has 3 fully saturated rings. The molecule has 0 aromatic rings. The molecule has 3 aliphatic heterocycles. The molecule has 3 aliphatic rings. The Morgan fingerprint density at radius 2 is 1.94 bits per heavy atom. The summed E-state index contributed by atoms with van der Waals surface area (Å²) in [5, 5.41) is 3.42. The maximum Gasteiger partial charge on any atom is 0.320 e. The van der Waals surface area contributed by atoms with Gasteiger partial charge in [0.15, 0.2) is 0 Å². The fourth-order valence-electron chi connectivity index (χ4n) is 3.20. The zero-order valence-electron chi connectivity index (χ0n) is 10.3. The van der Waals surface area contributed by atoms with Gasteiger partial charge in [0.05, 0.1) is 13.2 Å². The first-order valence-corrected chi connectivity index (χ1v) is 6.61.